The Kier molecular flexibility index (Phi) is 17.8. The van der Waals surface area contributed by atoms with Crippen molar-refractivity contribution in [1.82, 2.24) is 0 Å². The standard InChI is InChI=1S/C20H41N.C2H4O2/c1-3-5-6-7-8-9-10-11-12-13-17-21-18-15-20(14-4-2)16-19-21;1-2(3)4/h20H,3-19H2,1-2H3;1H3,(H,3,4). The molecule has 1 saturated heterocycles. The molecule has 150 valence electrons. The largest absolute Gasteiger partial charge is 0.550 e. The Bertz CT molecular complexity index is 282. The summed E-state index contributed by atoms with van der Waals surface area (Å²) < 4.78 is 0. The Morgan fingerprint density at radius 2 is 1.28 bits per heavy atom. The van der Waals surface area contributed by atoms with Crippen molar-refractivity contribution in [3.05, 3.63) is 0 Å². The topological polar surface area (TPSA) is 44.6 Å². The second-order valence-electron chi connectivity index (χ2n) is 7.91. The van der Waals surface area contributed by atoms with Gasteiger partial charge in [-0.1, -0.05) is 78.1 Å². The molecule has 1 heterocycles. The van der Waals surface area contributed by atoms with Gasteiger partial charge in [0.15, 0.2) is 0 Å². The summed E-state index contributed by atoms with van der Waals surface area (Å²) in [4.78, 5) is 10.8. The number of piperidine rings is 1. The van der Waals surface area contributed by atoms with Crippen molar-refractivity contribution in [3.63, 3.8) is 0 Å². The molecule has 0 saturated carbocycles. The van der Waals surface area contributed by atoms with Gasteiger partial charge in [0.1, 0.15) is 0 Å². The summed E-state index contributed by atoms with van der Waals surface area (Å²) >= 11 is 0. The third-order valence-corrected chi connectivity index (χ3v) is 5.39. The smallest absolute Gasteiger partial charge is 0.0773 e. The molecule has 0 radical (unpaired) electrons. The Hall–Kier alpha value is -0.570. The van der Waals surface area contributed by atoms with Gasteiger partial charge < -0.3 is 14.8 Å². The van der Waals surface area contributed by atoms with Gasteiger partial charge in [0.2, 0.25) is 0 Å². The molecule has 0 aromatic carbocycles. The number of hydrogen-bond donors (Lipinski definition) is 1. The van der Waals surface area contributed by atoms with Crippen LogP contribution in [0.2, 0.25) is 0 Å². The highest BCUT2D eigenvalue weighted by Gasteiger charge is 2.20. The third kappa shape index (κ3) is 18.0. The van der Waals surface area contributed by atoms with E-state index in [9.17, 15) is 0 Å². The van der Waals surface area contributed by atoms with Gasteiger partial charge in [-0.3, -0.25) is 0 Å². The molecule has 1 N–H and O–H groups in total. The molecular formula is C22H45NO2. The number of rotatable bonds is 13. The summed E-state index contributed by atoms with van der Waals surface area (Å²) in [6.45, 7) is 9.98. The van der Waals surface area contributed by atoms with Gasteiger partial charge in [-0.05, 0) is 38.5 Å². The van der Waals surface area contributed by atoms with Crippen LogP contribution in [0.5, 0.6) is 0 Å². The molecule has 0 bridgehead atoms. The van der Waals surface area contributed by atoms with Crippen molar-refractivity contribution in [3.8, 4) is 0 Å². The van der Waals surface area contributed by atoms with Gasteiger partial charge in [0.05, 0.1) is 19.6 Å². The number of hydrogen-bond acceptors (Lipinski definition) is 2. The number of carboxylic acid groups (broad SMARTS) is 1. The first-order valence-corrected chi connectivity index (χ1v) is 11.1. The van der Waals surface area contributed by atoms with E-state index in [4.69, 9.17) is 9.90 Å². The van der Waals surface area contributed by atoms with Crippen LogP contribution in [0.4, 0.5) is 0 Å². The van der Waals surface area contributed by atoms with Crippen molar-refractivity contribution in [2.24, 2.45) is 5.92 Å². The van der Waals surface area contributed by atoms with Crippen molar-refractivity contribution in [2.75, 3.05) is 19.6 Å². The molecule has 3 heteroatoms. The van der Waals surface area contributed by atoms with Gasteiger partial charge in [0, 0.05) is 5.97 Å². The van der Waals surface area contributed by atoms with Crippen molar-refractivity contribution in [1.29, 1.82) is 0 Å². The fourth-order valence-corrected chi connectivity index (χ4v) is 3.90. The predicted octanol–water partition coefficient (Wildman–Crippen LogP) is 3.76. The molecule has 0 unspecified atom stereocenters. The number of carboxylic acids is 1. The number of nitrogens with one attached hydrogen (secondary N) is 1. The maximum atomic E-state index is 8.89. The van der Waals surface area contributed by atoms with E-state index in [2.05, 4.69) is 13.8 Å². The van der Waals surface area contributed by atoms with Gasteiger partial charge in [-0.2, -0.15) is 0 Å². The predicted molar refractivity (Wildman–Crippen MR) is 106 cm³/mol. The van der Waals surface area contributed by atoms with E-state index in [1.807, 2.05) is 4.90 Å². The van der Waals surface area contributed by atoms with Crippen LogP contribution < -0.4 is 10.0 Å². The normalized spacial score (nSPS) is 20.0. The van der Waals surface area contributed by atoms with Crippen LogP contribution in [0.1, 0.15) is 111 Å². The lowest BCUT2D eigenvalue weighted by Gasteiger charge is -2.29. The molecule has 0 spiro atoms. The molecule has 0 aromatic heterocycles. The molecule has 0 amide bonds. The molecule has 0 atom stereocenters. The highest BCUT2D eigenvalue weighted by Crippen LogP contribution is 2.15. The summed E-state index contributed by atoms with van der Waals surface area (Å²) in [5, 5.41) is 8.89. The highest BCUT2D eigenvalue weighted by atomic mass is 16.4. The van der Waals surface area contributed by atoms with Crippen molar-refractivity contribution < 1.29 is 14.8 Å². The average molecular weight is 356 g/mol. The molecule has 1 aliphatic heterocycles. The van der Waals surface area contributed by atoms with E-state index in [0.29, 0.717) is 0 Å². The fourth-order valence-electron chi connectivity index (χ4n) is 3.90. The zero-order valence-electron chi connectivity index (χ0n) is 17.4. The Balaban J connectivity index is 0.00000129. The second kappa shape index (κ2) is 18.2. The minimum Gasteiger partial charge on any atom is -0.550 e. The SMILES string of the molecule is CC(=O)[O-].CCCCCCCCCCCC[NH+]1CCC(CCC)CC1. The van der Waals surface area contributed by atoms with Gasteiger partial charge in [0.25, 0.3) is 0 Å². The van der Waals surface area contributed by atoms with Gasteiger partial charge in [-0.25, -0.2) is 0 Å². The zero-order valence-corrected chi connectivity index (χ0v) is 17.4. The van der Waals surface area contributed by atoms with E-state index < -0.39 is 5.97 Å². The number of likely N-dealkylation sites (tertiary alicyclic amines) is 1. The van der Waals surface area contributed by atoms with E-state index >= 15 is 0 Å². The molecule has 1 aliphatic rings. The number of carbonyl (C=O) groups excluding carboxylic acids is 1. The minimum absolute atomic E-state index is 0.972. The van der Waals surface area contributed by atoms with E-state index in [0.717, 1.165) is 12.8 Å². The van der Waals surface area contributed by atoms with Gasteiger partial charge in [-0.15, -0.1) is 0 Å². The third-order valence-electron chi connectivity index (χ3n) is 5.39. The minimum atomic E-state index is -1.08. The monoisotopic (exact) mass is 355 g/mol. The lowest BCUT2D eigenvalue weighted by Crippen LogP contribution is -3.13. The molecule has 0 aromatic rings. The lowest BCUT2D eigenvalue weighted by atomic mass is 9.92. The quantitative estimate of drug-likeness (QED) is 0.511. The molecule has 1 fully saturated rings. The zero-order chi connectivity index (χ0) is 18.8. The van der Waals surface area contributed by atoms with Gasteiger partial charge >= 0.3 is 0 Å². The molecule has 3 nitrogen and oxygen atoms in total. The number of aliphatic carboxylic acids is 1. The van der Waals surface area contributed by atoms with E-state index in [1.54, 1.807) is 0 Å². The number of carbonyl (C=O) groups is 1. The van der Waals surface area contributed by atoms with Crippen molar-refractivity contribution in [2.45, 2.75) is 111 Å². The maximum Gasteiger partial charge on any atom is 0.0773 e. The second-order valence-corrected chi connectivity index (χ2v) is 7.91. The first-order chi connectivity index (χ1) is 12.1. The van der Waals surface area contributed by atoms with Crippen LogP contribution in [0.15, 0.2) is 0 Å². The Morgan fingerprint density at radius 1 is 0.840 bits per heavy atom. The maximum absolute atomic E-state index is 8.89. The first-order valence-electron chi connectivity index (χ1n) is 11.1. The molecule has 0 aliphatic carbocycles. The fraction of sp³-hybridized carbons (Fsp3) is 0.955. The van der Waals surface area contributed by atoms with Crippen LogP contribution in [0, 0.1) is 5.92 Å². The summed E-state index contributed by atoms with van der Waals surface area (Å²) in [6.07, 6.45) is 20.5. The lowest BCUT2D eigenvalue weighted by molar-refractivity contribution is -0.906. The van der Waals surface area contributed by atoms with E-state index in [1.165, 1.54) is 110 Å². The summed E-state index contributed by atoms with van der Waals surface area (Å²) in [6, 6.07) is 0. The summed E-state index contributed by atoms with van der Waals surface area (Å²) in [5.41, 5.74) is 0. The van der Waals surface area contributed by atoms with Crippen LogP contribution >= 0.6 is 0 Å². The van der Waals surface area contributed by atoms with Crippen LogP contribution in [0.3, 0.4) is 0 Å². The Labute approximate surface area is 157 Å². The van der Waals surface area contributed by atoms with Crippen LogP contribution in [-0.2, 0) is 4.79 Å². The number of unbranched alkanes of at least 4 members (excludes halogenated alkanes) is 9. The molecular weight excluding hydrogens is 310 g/mol. The summed E-state index contributed by atoms with van der Waals surface area (Å²) in [5.74, 6) is -0.0218. The number of quaternary nitrogens is 1. The van der Waals surface area contributed by atoms with Crippen molar-refractivity contribution >= 4 is 5.97 Å². The summed E-state index contributed by atoms with van der Waals surface area (Å²) in [7, 11) is 0. The van der Waals surface area contributed by atoms with Crippen LogP contribution in [0.25, 0.3) is 0 Å². The highest BCUT2D eigenvalue weighted by molar-refractivity contribution is 5.60. The molecule has 25 heavy (non-hydrogen) atoms. The first kappa shape index (κ1) is 24.4. The van der Waals surface area contributed by atoms with Crippen LogP contribution in [-0.4, -0.2) is 25.6 Å². The average Bonchev–Trinajstić information content (AvgIpc) is 2.58. The molecule has 1 rings (SSSR count). The Morgan fingerprint density at radius 3 is 1.72 bits per heavy atom. The van der Waals surface area contributed by atoms with E-state index in [-0.39, 0.29) is 0 Å².